The third-order valence-corrected chi connectivity index (χ3v) is 6.19. The van der Waals surface area contributed by atoms with Crippen LogP contribution in [-0.2, 0) is 10.0 Å². The molecule has 7 nitrogen and oxygen atoms in total. The molecule has 0 aliphatic carbocycles. The number of sulfonamides is 1. The molecule has 1 atom stereocenters. The summed E-state index contributed by atoms with van der Waals surface area (Å²) in [6.07, 6.45) is 1.03. The van der Waals surface area contributed by atoms with E-state index >= 15 is 0 Å². The molecule has 27 heavy (non-hydrogen) atoms. The number of benzene rings is 1. The lowest BCUT2D eigenvalue weighted by Gasteiger charge is -2.31. The van der Waals surface area contributed by atoms with Gasteiger partial charge < -0.3 is 9.47 Å². The predicted octanol–water partition coefficient (Wildman–Crippen LogP) is 2.47. The van der Waals surface area contributed by atoms with Gasteiger partial charge in [-0.3, -0.25) is 0 Å². The Morgan fingerprint density at radius 1 is 1.22 bits per heavy atom. The summed E-state index contributed by atoms with van der Waals surface area (Å²) in [6.45, 7) is 4.16. The van der Waals surface area contributed by atoms with Gasteiger partial charge in [0.2, 0.25) is 15.9 Å². The highest BCUT2D eigenvalue weighted by molar-refractivity contribution is 7.89. The maximum absolute atomic E-state index is 13.9. The monoisotopic (exact) mass is 395 g/mol. The zero-order valence-electron chi connectivity index (χ0n) is 15.5. The topological polar surface area (TPSA) is 81.6 Å². The first kappa shape index (κ1) is 19.5. The zero-order chi connectivity index (χ0) is 19.6. The van der Waals surface area contributed by atoms with Crippen LogP contribution in [0.2, 0.25) is 0 Å². The third-order valence-electron chi connectivity index (χ3n) is 4.33. The second-order valence-electron chi connectivity index (χ2n) is 6.44. The molecule has 2 heterocycles. The normalized spacial score (nSPS) is 18.3. The minimum absolute atomic E-state index is 0.00306. The summed E-state index contributed by atoms with van der Waals surface area (Å²) in [6, 6.07) is 5.36. The van der Waals surface area contributed by atoms with Crippen molar-refractivity contribution in [3.05, 3.63) is 41.6 Å². The fourth-order valence-electron chi connectivity index (χ4n) is 3.09. The molecule has 1 aromatic carbocycles. The molecule has 1 aromatic heterocycles. The summed E-state index contributed by atoms with van der Waals surface area (Å²) in [5.74, 6) is 0.317. The van der Waals surface area contributed by atoms with E-state index in [4.69, 9.17) is 9.47 Å². The summed E-state index contributed by atoms with van der Waals surface area (Å²) in [5.41, 5.74) is 0.784. The van der Waals surface area contributed by atoms with Gasteiger partial charge in [0, 0.05) is 18.3 Å². The molecule has 1 saturated heterocycles. The van der Waals surface area contributed by atoms with Crippen molar-refractivity contribution >= 4 is 10.0 Å². The highest BCUT2D eigenvalue weighted by atomic mass is 32.2. The van der Waals surface area contributed by atoms with E-state index in [9.17, 15) is 12.8 Å². The molecule has 0 unspecified atom stereocenters. The second-order valence-corrected chi connectivity index (χ2v) is 8.37. The van der Waals surface area contributed by atoms with Crippen LogP contribution in [0.4, 0.5) is 4.39 Å². The number of rotatable bonds is 5. The number of methoxy groups -OCH3 is 1. The van der Waals surface area contributed by atoms with E-state index in [1.54, 1.807) is 13.0 Å². The minimum atomic E-state index is -3.83. The van der Waals surface area contributed by atoms with E-state index in [1.165, 1.54) is 23.5 Å². The first-order chi connectivity index (χ1) is 12.8. The lowest BCUT2D eigenvalue weighted by Crippen LogP contribution is -2.44. The first-order valence-electron chi connectivity index (χ1n) is 8.62. The summed E-state index contributed by atoms with van der Waals surface area (Å²) < 4.78 is 51.8. The summed E-state index contributed by atoms with van der Waals surface area (Å²) >= 11 is 0. The van der Waals surface area contributed by atoms with Crippen LogP contribution < -0.4 is 9.47 Å². The SMILES string of the molecule is COc1ccc(S(=O)(=O)N2CCC[C@@H](Oc3cc(C)nc(C)n3)C2)cc1F. The first-order valence-corrected chi connectivity index (χ1v) is 10.1. The molecule has 0 N–H and O–H groups in total. The molecule has 0 spiro atoms. The molecule has 1 fully saturated rings. The van der Waals surface area contributed by atoms with Crippen molar-refractivity contribution in [2.45, 2.75) is 37.7 Å². The van der Waals surface area contributed by atoms with Gasteiger partial charge in [0.1, 0.15) is 11.9 Å². The Kier molecular flexibility index (Phi) is 5.61. The van der Waals surface area contributed by atoms with E-state index in [0.717, 1.165) is 11.8 Å². The lowest BCUT2D eigenvalue weighted by molar-refractivity contribution is 0.124. The van der Waals surface area contributed by atoms with Crippen molar-refractivity contribution in [1.29, 1.82) is 0 Å². The second kappa shape index (κ2) is 7.77. The quantitative estimate of drug-likeness (QED) is 0.774. The zero-order valence-corrected chi connectivity index (χ0v) is 16.3. The highest BCUT2D eigenvalue weighted by Gasteiger charge is 2.32. The Hall–Kier alpha value is -2.26. The van der Waals surface area contributed by atoms with Crippen LogP contribution in [0.15, 0.2) is 29.2 Å². The molecule has 1 aliphatic rings. The molecular weight excluding hydrogens is 373 g/mol. The number of hydrogen-bond donors (Lipinski definition) is 0. The highest BCUT2D eigenvalue weighted by Crippen LogP contribution is 2.26. The molecule has 2 aromatic rings. The maximum Gasteiger partial charge on any atom is 0.243 e. The standard InChI is InChI=1S/C18H22FN3O4S/c1-12-9-18(21-13(2)20-12)26-14-5-4-8-22(11-14)27(23,24)15-6-7-17(25-3)16(19)10-15/h6-7,9-10,14H,4-5,8,11H2,1-3H3/t14-/m1/s1. The summed E-state index contributed by atoms with van der Waals surface area (Å²) in [5, 5.41) is 0. The molecule has 0 bridgehead atoms. The Balaban J connectivity index is 1.77. The molecule has 0 radical (unpaired) electrons. The Morgan fingerprint density at radius 3 is 2.67 bits per heavy atom. The van der Waals surface area contributed by atoms with Crippen LogP contribution >= 0.6 is 0 Å². The lowest BCUT2D eigenvalue weighted by atomic mass is 10.1. The van der Waals surface area contributed by atoms with Crippen LogP contribution in [-0.4, -0.2) is 49.0 Å². The van der Waals surface area contributed by atoms with Gasteiger partial charge in [-0.1, -0.05) is 0 Å². The number of halogens is 1. The Labute approximate surface area is 158 Å². The largest absolute Gasteiger partial charge is 0.494 e. The van der Waals surface area contributed by atoms with Crippen LogP contribution in [0.1, 0.15) is 24.4 Å². The van der Waals surface area contributed by atoms with E-state index in [1.807, 2.05) is 6.92 Å². The van der Waals surface area contributed by atoms with E-state index in [-0.39, 0.29) is 23.3 Å². The summed E-state index contributed by atoms with van der Waals surface area (Å²) in [7, 11) is -2.50. The van der Waals surface area contributed by atoms with Gasteiger partial charge in [-0.2, -0.15) is 9.29 Å². The number of aryl methyl sites for hydroxylation is 2. The number of piperidine rings is 1. The van der Waals surface area contributed by atoms with E-state index in [2.05, 4.69) is 9.97 Å². The van der Waals surface area contributed by atoms with Crippen LogP contribution in [0, 0.1) is 19.7 Å². The fraction of sp³-hybridized carbons (Fsp3) is 0.444. The maximum atomic E-state index is 13.9. The van der Waals surface area contributed by atoms with Gasteiger partial charge >= 0.3 is 0 Å². The number of nitrogens with zero attached hydrogens (tertiary/aromatic N) is 3. The van der Waals surface area contributed by atoms with Crippen molar-refractivity contribution in [3.63, 3.8) is 0 Å². The average Bonchev–Trinajstić information content (AvgIpc) is 2.61. The molecule has 0 saturated carbocycles. The Bertz CT molecular complexity index is 916. The van der Waals surface area contributed by atoms with Gasteiger partial charge in [0.25, 0.3) is 0 Å². The van der Waals surface area contributed by atoms with Crippen molar-refractivity contribution in [2.75, 3.05) is 20.2 Å². The average molecular weight is 395 g/mol. The number of aromatic nitrogens is 2. The number of ether oxygens (including phenoxy) is 2. The van der Waals surface area contributed by atoms with Gasteiger partial charge in [0.05, 0.1) is 18.6 Å². The van der Waals surface area contributed by atoms with Gasteiger partial charge in [-0.05, 0) is 44.9 Å². The summed E-state index contributed by atoms with van der Waals surface area (Å²) in [4.78, 5) is 8.34. The van der Waals surface area contributed by atoms with Crippen molar-refractivity contribution < 1.29 is 22.3 Å². The number of hydrogen-bond acceptors (Lipinski definition) is 6. The van der Waals surface area contributed by atoms with Crippen molar-refractivity contribution in [3.8, 4) is 11.6 Å². The third kappa shape index (κ3) is 4.36. The van der Waals surface area contributed by atoms with E-state index in [0.29, 0.717) is 31.1 Å². The van der Waals surface area contributed by atoms with Crippen molar-refractivity contribution in [1.82, 2.24) is 14.3 Å². The van der Waals surface area contributed by atoms with Crippen molar-refractivity contribution in [2.24, 2.45) is 0 Å². The molecule has 0 amide bonds. The smallest absolute Gasteiger partial charge is 0.243 e. The van der Waals surface area contributed by atoms with Crippen LogP contribution in [0.3, 0.4) is 0 Å². The molecule has 146 valence electrons. The fourth-order valence-corrected chi connectivity index (χ4v) is 4.61. The van der Waals surface area contributed by atoms with Gasteiger partial charge in [0.15, 0.2) is 11.6 Å². The molecular formula is C18H22FN3O4S. The van der Waals surface area contributed by atoms with Gasteiger partial charge in [-0.15, -0.1) is 0 Å². The van der Waals surface area contributed by atoms with Gasteiger partial charge in [-0.25, -0.2) is 17.8 Å². The molecule has 1 aliphatic heterocycles. The Morgan fingerprint density at radius 2 is 2.00 bits per heavy atom. The van der Waals surface area contributed by atoms with Crippen LogP contribution in [0.5, 0.6) is 11.6 Å². The van der Waals surface area contributed by atoms with E-state index < -0.39 is 15.8 Å². The predicted molar refractivity (Wildman–Crippen MR) is 96.9 cm³/mol. The van der Waals surface area contributed by atoms with Crippen LogP contribution in [0.25, 0.3) is 0 Å². The minimum Gasteiger partial charge on any atom is -0.494 e. The molecule has 3 rings (SSSR count). The molecule has 9 heteroatoms.